The van der Waals surface area contributed by atoms with E-state index in [1.54, 1.807) is 29.4 Å². The van der Waals surface area contributed by atoms with E-state index in [0.29, 0.717) is 43.3 Å². The minimum absolute atomic E-state index is 0. The number of rotatable bonds is 5. The van der Waals surface area contributed by atoms with Gasteiger partial charge in [0, 0.05) is 32.2 Å². The van der Waals surface area contributed by atoms with Gasteiger partial charge in [0.15, 0.2) is 11.5 Å². The summed E-state index contributed by atoms with van der Waals surface area (Å²) in [5.41, 5.74) is 6.38. The molecule has 2 amide bonds. The lowest BCUT2D eigenvalue weighted by molar-refractivity contribution is -0.126. The summed E-state index contributed by atoms with van der Waals surface area (Å²) >= 11 is 0. The fourth-order valence-electron chi connectivity index (χ4n) is 2.87. The molecule has 9 heteroatoms. The third-order valence-electron chi connectivity index (χ3n) is 4.11. The molecule has 0 bridgehead atoms. The topological polar surface area (TPSA) is 117 Å². The van der Waals surface area contributed by atoms with Crippen molar-refractivity contribution in [2.75, 3.05) is 26.2 Å². The Kier molecular flexibility index (Phi) is 6.60. The molecule has 1 atom stereocenters. The Morgan fingerprint density at radius 2 is 2.32 bits per heavy atom. The molecule has 1 fully saturated rings. The van der Waals surface area contributed by atoms with Gasteiger partial charge in [-0.3, -0.25) is 14.7 Å². The lowest BCUT2D eigenvalue weighted by Crippen LogP contribution is -2.46. The van der Waals surface area contributed by atoms with Gasteiger partial charge in [-0.1, -0.05) is 0 Å². The first-order valence-corrected chi connectivity index (χ1v) is 8.05. The maximum absolute atomic E-state index is 12.6. The minimum Gasteiger partial charge on any atom is -0.463 e. The number of aromatic amines is 1. The smallest absolute Gasteiger partial charge is 0.274 e. The zero-order chi connectivity index (χ0) is 16.9. The maximum Gasteiger partial charge on any atom is 0.274 e. The van der Waals surface area contributed by atoms with Crippen LogP contribution in [0.4, 0.5) is 0 Å². The summed E-state index contributed by atoms with van der Waals surface area (Å²) < 4.78 is 5.28. The fraction of sp³-hybridized carbons (Fsp3) is 0.438. The molecule has 1 aliphatic rings. The summed E-state index contributed by atoms with van der Waals surface area (Å²) in [6.45, 7) is 1.89. The van der Waals surface area contributed by atoms with E-state index in [1.807, 2.05) is 0 Å². The van der Waals surface area contributed by atoms with Crippen LogP contribution < -0.4 is 11.1 Å². The van der Waals surface area contributed by atoms with Gasteiger partial charge < -0.3 is 20.4 Å². The van der Waals surface area contributed by atoms with Crippen LogP contribution in [0, 0.1) is 5.92 Å². The standard InChI is InChI=1S/C16H21N5O3.ClH/c17-5-6-18-15(22)11-3-1-7-21(10-11)16(23)13-9-12(19-20-13)14-4-2-8-24-14;/h2,4,8-9,11H,1,3,5-7,10,17H2,(H,18,22)(H,19,20);1H. The summed E-state index contributed by atoms with van der Waals surface area (Å²) in [7, 11) is 0. The highest BCUT2D eigenvalue weighted by Gasteiger charge is 2.29. The minimum atomic E-state index is -0.197. The zero-order valence-corrected chi connectivity index (χ0v) is 14.6. The summed E-state index contributed by atoms with van der Waals surface area (Å²) in [5.74, 6) is 0.202. The lowest BCUT2D eigenvalue weighted by atomic mass is 9.97. The quantitative estimate of drug-likeness (QED) is 0.729. The number of nitrogens with two attached hydrogens (primary N) is 1. The van der Waals surface area contributed by atoms with E-state index in [4.69, 9.17) is 10.2 Å². The Bertz CT molecular complexity index is 700. The van der Waals surface area contributed by atoms with Crippen molar-refractivity contribution < 1.29 is 14.0 Å². The monoisotopic (exact) mass is 367 g/mol. The van der Waals surface area contributed by atoms with Crippen LogP contribution in [0.1, 0.15) is 23.3 Å². The molecule has 0 saturated carbocycles. The van der Waals surface area contributed by atoms with Crippen LogP contribution >= 0.6 is 12.4 Å². The van der Waals surface area contributed by atoms with Gasteiger partial charge in [-0.2, -0.15) is 5.10 Å². The molecule has 0 spiro atoms. The lowest BCUT2D eigenvalue weighted by Gasteiger charge is -2.31. The van der Waals surface area contributed by atoms with Crippen molar-refractivity contribution in [2.45, 2.75) is 12.8 Å². The molecule has 1 unspecified atom stereocenters. The number of hydrogen-bond donors (Lipinski definition) is 3. The van der Waals surface area contributed by atoms with Crippen molar-refractivity contribution in [2.24, 2.45) is 11.7 Å². The van der Waals surface area contributed by atoms with Crippen LogP contribution in [0.2, 0.25) is 0 Å². The van der Waals surface area contributed by atoms with Crippen molar-refractivity contribution >= 4 is 24.2 Å². The molecule has 4 N–H and O–H groups in total. The van der Waals surface area contributed by atoms with Crippen molar-refractivity contribution in [1.29, 1.82) is 0 Å². The summed E-state index contributed by atoms with van der Waals surface area (Å²) in [5, 5.41) is 9.67. The van der Waals surface area contributed by atoms with Crippen LogP contribution in [0.15, 0.2) is 28.9 Å². The highest BCUT2D eigenvalue weighted by atomic mass is 35.5. The van der Waals surface area contributed by atoms with E-state index >= 15 is 0 Å². The van der Waals surface area contributed by atoms with E-state index in [0.717, 1.165) is 12.8 Å². The highest BCUT2D eigenvalue weighted by Crippen LogP contribution is 2.21. The second kappa shape index (κ2) is 8.68. The molecular weight excluding hydrogens is 346 g/mol. The number of amides is 2. The molecule has 2 aromatic heterocycles. The van der Waals surface area contributed by atoms with Crippen molar-refractivity contribution in [3.63, 3.8) is 0 Å². The number of H-pyrrole nitrogens is 1. The average molecular weight is 368 g/mol. The van der Waals surface area contributed by atoms with Gasteiger partial charge in [-0.15, -0.1) is 12.4 Å². The number of carbonyl (C=O) groups excluding carboxylic acids is 2. The number of halogens is 1. The summed E-state index contributed by atoms with van der Waals surface area (Å²) in [6, 6.07) is 5.23. The third kappa shape index (κ3) is 4.40. The van der Waals surface area contributed by atoms with Gasteiger partial charge in [-0.05, 0) is 25.0 Å². The Hall–Kier alpha value is -2.32. The van der Waals surface area contributed by atoms with Crippen molar-refractivity contribution in [3.05, 3.63) is 30.2 Å². The van der Waals surface area contributed by atoms with E-state index < -0.39 is 0 Å². The third-order valence-corrected chi connectivity index (χ3v) is 4.11. The van der Waals surface area contributed by atoms with Crippen LogP contribution in [-0.4, -0.2) is 53.1 Å². The summed E-state index contributed by atoms with van der Waals surface area (Å²) in [6.07, 6.45) is 3.13. The zero-order valence-electron chi connectivity index (χ0n) is 13.7. The van der Waals surface area contributed by atoms with Crippen LogP contribution in [0.25, 0.3) is 11.5 Å². The molecule has 8 nitrogen and oxygen atoms in total. The molecule has 3 rings (SSSR count). The molecule has 1 saturated heterocycles. The predicted molar refractivity (Wildman–Crippen MR) is 94.2 cm³/mol. The maximum atomic E-state index is 12.6. The normalized spacial score (nSPS) is 17.0. The molecular formula is C16H22ClN5O3. The number of piperidine rings is 1. The Morgan fingerprint density at radius 3 is 3.04 bits per heavy atom. The van der Waals surface area contributed by atoms with Crippen molar-refractivity contribution in [1.82, 2.24) is 20.4 Å². The molecule has 2 aromatic rings. The Labute approximate surface area is 151 Å². The average Bonchev–Trinajstić information content (AvgIpc) is 3.30. The predicted octanol–water partition coefficient (Wildman–Crippen LogP) is 1.02. The van der Waals surface area contributed by atoms with Gasteiger partial charge in [0.1, 0.15) is 5.69 Å². The van der Waals surface area contributed by atoms with Gasteiger partial charge in [0.2, 0.25) is 5.91 Å². The molecule has 0 aliphatic carbocycles. The second-order valence-electron chi connectivity index (χ2n) is 5.81. The Morgan fingerprint density at radius 1 is 1.48 bits per heavy atom. The largest absolute Gasteiger partial charge is 0.463 e. The number of nitrogens with one attached hydrogen (secondary N) is 2. The molecule has 1 aliphatic heterocycles. The molecule has 136 valence electrons. The van der Waals surface area contributed by atoms with Gasteiger partial charge in [0.05, 0.1) is 12.2 Å². The van der Waals surface area contributed by atoms with Gasteiger partial charge in [-0.25, -0.2) is 0 Å². The first-order valence-electron chi connectivity index (χ1n) is 8.05. The summed E-state index contributed by atoms with van der Waals surface area (Å²) in [4.78, 5) is 26.4. The number of nitrogens with zero attached hydrogens (tertiary/aromatic N) is 2. The first-order chi connectivity index (χ1) is 11.7. The SMILES string of the molecule is Cl.NCCNC(=O)C1CCCN(C(=O)c2cc(-c3ccco3)[nH]n2)C1. The molecule has 0 aromatic carbocycles. The van der Waals surface area contributed by atoms with Crippen LogP contribution in [0.3, 0.4) is 0 Å². The molecule has 0 radical (unpaired) electrons. The number of furan rings is 1. The van der Waals surface area contributed by atoms with E-state index in [2.05, 4.69) is 15.5 Å². The fourth-order valence-corrected chi connectivity index (χ4v) is 2.87. The molecule has 3 heterocycles. The van der Waals surface area contributed by atoms with Crippen LogP contribution in [-0.2, 0) is 4.79 Å². The highest BCUT2D eigenvalue weighted by molar-refractivity contribution is 5.93. The van der Waals surface area contributed by atoms with E-state index in [9.17, 15) is 9.59 Å². The van der Waals surface area contributed by atoms with Gasteiger partial charge in [0.25, 0.3) is 5.91 Å². The Balaban J connectivity index is 0.00000225. The number of carbonyl (C=O) groups is 2. The van der Waals surface area contributed by atoms with E-state index in [-0.39, 0.29) is 30.1 Å². The van der Waals surface area contributed by atoms with Crippen LogP contribution in [0.5, 0.6) is 0 Å². The second-order valence-corrected chi connectivity index (χ2v) is 5.81. The van der Waals surface area contributed by atoms with Gasteiger partial charge >= 0.3 is 0 Å². The first kappa shape index (κ1) is 19.0. The number of hydrogen-bond acceptors (Lipinski definition) is 5. The molecule has 25 heavy (non-hydrogen) atoms. The van der Waals surface area contributed by atoms with Crippen molar-refractivity contribution in [3.8, 4) is 11.5 Å². The van der Waals surface area contributed by atoms with E-state index in [1.165, 1.54) is 0 Å². The number of aromatic nitrogens is 2. The number of likely N-dealkylation sites (tertiary alicyclic amines) is 1.